The zero-order valence-electron chi connectivity index (χ0n) is 9.82. The molecule has 2 rings (SSSR count). The van der Waals surface area contributed by atoms with E-state index in [1.54, 1.807) is 0 Å². The van der Waals surface area contributed by atoms with Crippen molar-refractivity contribution in [1.29, 1.82) is 0 Å². The van der Waals surface area contributed by atoms with Crippen LogP contribution in [0.1, 0.15) is 17.5 Å². The first-order valence-electron chi connectivity index (χ1n) is 5.76. The Bertz CT molecular complexity index is 433. The SMILES string of the molecule is Cc1ccc(CN2CCC(C(=O)O)C2)cc1Br. The third-order valence-electron chi connectivity index (χ3n) is 3.26. The summed E-state index contributed by atoms with van der Waals surface area (Å²) in [4.78, 5) is 13.1. The highest BCUT2D eigenvalue weighted by atomic mass is 79.9. The smallest absolute Gasteiger partial charge is 0.307 e. The Morgan fingerprint density at radius 1 is 1.59 bits per heavy atom. The van der Waals surface area contributed by atoms with Crippen LogP contribution in [0.15, 0.2) is 22.7 Å². The highest BCUT2D eigenvalue weighted by molar-refractivity contribution is 9.10. The van der Waals surface area contributed by atoms with E-state index in [2.05, 4.69) is 46.0 Å². The summed E-state index contributed by atoms with van der Waals surface area (Å²) in [7, 11) is 0. The number of carboxylic acid groups (broad SMARTS) is 1. The molecular formula is C13H16BrNO2. The van der Waals surface area contributed by atoms with Crippen LogP contribution < -0.4 is 0 Å². The van der Waals surface area contributed by atoms with E-state index in [0.717, 1.165) is 24.0 Å². The molecule has 0 amide bonds. The average Bonchev–Trinajstić information content (AvgIpc) is 2.72. The second kappa shape index (κ2) is 5.19. The predicted molar refractivity (Wildman–Crippen MR) is 69.9 cm³/mol. The fourth-order valence-corrected chi connectivity index (χ4v) is 2.60. The maximum atomic E-state index is 10.9. The van der Waals surface area contributed by atoms with Crippen LogP contribution in [-0.2, 0) is 11.3 Å². The van der Waals surface area contributed by atoms with Crippen molar-refractivity contribution in [2.75, 3.05) is 13.1 Å². The highest BCUT2D eigenvalue weighted by Crippen LogP contribution is 2.22. The molecule has 0 spiro atoms. The lowest BCUT2D eigenvalue weighted by atomic mass is 10.1. The summed E-state index contributed by atoms with van der Waals surface area (Å²) >= 11 is 3.52. The van der Waals surface area contributed by atoms with E-state index in [1.807, 2.05) is 0 Å². The number of hydrogen-bond donors (Lipinski definition) is 1. The van der Waals surface area contributed by atoms with Crippen LogP contribution in [0.4, 0.5) is 0 Å². The first-order chi connectivity index (χ1) is 8.06. The minimum Gasteiger partial charge on any atom is -0.481 e. The van der Waals surface area contributed by atoms with E-state index < -0.39 is 5.97 Å². The quantitative estimate of drug-likeness (QED) is 0.932. The summed E-state index contributed by atoms with van der Waals surface area (Å²) in [6, 6.07) is 6.31. The van der Waals surface area contributed by atoms with Gasteiger partial charge in [-0.3, -0.25) is 9.69 Å². The molecule has 17 heavy (non-hydrogen) atoms. The van der Waals surface area contributed by atoms with Gasteiger partial charge in [-0.25, -0.2) is 0 Å². The Morgan fingerprint density at radius 2 is 2.35 bits per heavy atom. The maximum absolute atomic E-state index is 10.9. The van der Waals surface area contributed by atoms with Gasteiger partial charge < -0.3 is 5.11 Å². The molecular weight excluding hydrogens is 282 g/mol. The van der Waals surface area contributed by atoms with Gasteiger partial charge in [0, 0.05) is 17.6 Å². The standard InChI is InChI=1S/C13H16BrNO2/c1-9-2-3-10(6-12(9)14)7-15-5-4-11(8-15)13(16)17/h2-3,6,11H,4-5,7-8H2,1H3,(H,16,17). The van der Waals surface area contributed by atoms with Crippen molar-refractivity contribution in [1.82, 2.24) is 4.90 Å². The van der Waals surface area contributed by atoms with Crippen LogP contribution in [-0.4, -0.2) is 29.1 Å². The van der Waals surface area contributed by atoms with Crippen molar-refractivity contribution in [2.24, 2.45) is 5.92 Å². The fraction of sp³-hybridized carbons (Fsp3) is 0.462. The number of halogens is 1. The molecule has 1 aliphatic rings. The van der Waals surface area contributed by atoms with Gasteiger partial charge in [-0.1, -0.05) is 28.1 Å². The van der Waals surface area contributed by atoms with Crippen molar-refractivity contribution < 1.29 is 9.90 Å². The molecule has 92 valence electrons. The molecule has 3 nitrogen and oxygen atoms in total. The van der Waals surface area contributed by atoms with Gasteiger partial charge in [0.2, 0.25) is 0 Å². The number of nitrogens with zero attached hydrogens (tertiary/aromatic N) is 1. The monoisotopic (exact) mass is 297 g/mol. The zero-order chi connectivity index (χ0) is 12.4. The van der Waals surface area contributed by atoms with Crippen molar-refractivity contribution >= 4 is 21.9 Å². The Morgan fingerprint density at radius 3 is 2.94 bits per heavy atom. The van der Waals surface area contributed by atoms with Crippen LogP contribution in [0.3, 0.4) is 0 Å². The number of aliphatic carboxylic acids is 1. The molecule has 1 aromatic rings. The second-order valence-electron chi connectivity index (χ2n) is 4.64. The number of likely N-dealkylation sites (tertiary alicyclic amines) is 1. The first-order valence-corrected chi connectivity index (χ1v) is 6.56. The molecule has 1 heterocycles. The summed E-state index contributed by atoms with van der Waals surface area (Å²) in [5, 5.41) is 8.94. The van der Waals surface area contributed by atoms with Gasteiger partial charge in [0.15, 0.2) is 0 Å². The molecule has 1 aliphatic heterocycles. The topological polar surface area (TPSA) is 40.5 Å². The summed E-state index contributed by atoms with van der Waals surface area (Å²) in [5.41, 5.74) is 2.45. The number of hydrogen-bond acceptors (Lipinski definition) is 2. The third-order valence-corrected chi connectivity index (χ3v) is 4.12. The van der Waals surface area contributed by atoms with Crippen molar-refractivity contribution in [3.8, 4) is 0 Å². The van der Waals surface area contributed by atoms with E-state index in [9.17, 15) is 4.79 Å². The molecule has 0 aliphatic carbocycles. The normalized spacial score (nSPS) is 20.7. The summed E-state index contributed by atoms with van der Waals surface area (Å²) in [6.07, 6.45) is 0.766. The van der Waals surface area contributed by atoms with Crippen molar-refractivity contribution in [3.63, 3.8) is 0 Å². The second-order valence-corrected chi connectivity index (χ2v) is 5.50. The van der Waals surface area contributed by atoms with Crippen LogP contribution >= 0.6 is 15.9 Å². The lowest BCUT2D eigenvalue weighted by Gasteiger charge is -2.15. The molecule has 0 saturated carbocycles. The summed E-state index contributed by atoms with van der Waals surface area (Å²) < 4.78 is 1.11. The largest absolute Gasteiger partial charge is 0.481 e. The maximum Gasteiger partial charge on any atom is 0.307 e. The van der Waals surface area contributed by atoms with E-state index >= 15 is 0 Å². The van der Waals surface area contributed by atoms with Gasteiger partial charge >= 0.3 is 5.97 Å². The average molecular weight is 298 g/mol. The molecule has 1 unspecified atom stereocenters. The number of aryl methyl sites for hydroxylation is 1. The van der Waals surface area contributed by atoms with Crippen molar-refractivity contribution in [2.45, 2.75) is 19.9 Å². The van der Waals surface area contributed by atoms with Gasteiger partial charge in [0.1, 0.15) is 0 Å². The van der Waals surface area contributed by atoms with Gasteiger partial charge in [-0.15, -0.1) is 0 Å². The van der Waals surface area contributed by atoms with Gasteiger partial charge in [-0.2, -0.15) is 0 Å². The Balaban J connectivity index is 1.98. The third kappa shape index (κ3) is 3.07. The van der Waals surface area contributed by atoms with Crippen LogP contribution in [0.5, 0.6) is 0 Å². The molecule has 0 radical (unpaired) electrons. The molecule has 1 fully saturated rings. The predicted octanol–water partition coefficient (Wildman–Crippen LogP) is 2.66. The summed E-state index contributed by atoms with van der Waals surface area (Å²) in [6.45, 7) is 4.44. The van der Waals surface area contributed by atoms with Crippen molar-refractivity contribution in [3.05, 3.63) is 33.8 Å². The Hall–Kier alpha value is -0.870. The van der Waals surface area contributed by atoms with Crippen LogP contribution in [0, 0.1) is 12.8 Å². The molecule has 4 heteroatoms. The van der Waals surface area contributed by atoms with Crippen LogP contribution in [0.2, 0.25) is 0 Å². The molecule has 1 atom stereocenters. The highest BCUT2D eigenvalue weighted by Gasteiger charge is 2.27. The minimum atomic E-state index is -0.669. The minimum absolute atomic E-state index is 0.191. The Kier molecular flexibility index (Phi) is 3.84. The van der Waals surface area contributed by atoms with E-state index in [4.69, 9.17) is 5.11 Å². The fourth-order valence-electron chi connectivity index (χ4n) is 2.17. The van der Waals surface area contributed by atoms with E-state index in [0.29, 0.717) is 6.54 Å². The number of carbonyl (C=O) groups is 1. The number of carboxylic acids is 1. The Labute approximate surface area is 110 Å². The van der Waals surface area contributed by atoms with Gasteiger partial charge in [-0.05, 0) is 37.1 Å². The van der Waals surface area contributed by atoms with Crippen LogP contribution in [0.25, 0.3) is 0 Å². The molecule has 0 bridgehead atoms. The summed E-state index contributed by atoms with van der Waals surface area (Å²) in [5.74, 6) is -0.860. The van der Waals surface area contributed by atoms with E-state index in [1.165, 1.54) is 11.1 Å². The molecule has 1 saturated heterocycles. The number of benzene rings is 1. The lowest BCUT2D eigenvalue weighted by Crippen LogP contribution is -2.22. The lowest BCUT2D eigenvalue weighted by molar-refractivity contribution is -0.141. The van der Waals surface area contributed by atoms with Gasteiger partial charge in [0.05, 0.1) is 5.92 Å². The van der Waals surface area contributed by atoms with Gasteiger partial charge in [0.25, 0.3) is 0 Å². The van der Waals surface area contributed by atoms with E-state index in [-0.39, 0.29) is 5.92 Å². The molecule has 0 aromatic heterocycles. The first kappa shape index (κ1) is 12.6. The molecule has 1 N–H and O–H groups in total. The zero-order valence-corrected chi connectivity index (χ0v) is 11.4. The number of rotatable bonds is 3. The molecule has 1 aromatic carbocycles.